The first-order valence-corrected chi connectivity index (χ1v) is 7.53. The highest BCUT2D eigenvalue weighted by molar-refractivity contribution is 6.02. The molecule has 2 saturated heterocycles. The van der Waals surface area contributed by atoms with E-state index in [9.17, 15) is 28.8 Å². The molecule has 2 aliphatic heterocycles. The van der Waals surface area contributed by atoms with Crippen LogP contribution in [0.2, 0.25) is 0 Å². The summed E-state index contributed by atoms with van der Waals surface area (Å²) in [6, 6.07) is 0. The summed E-state index contributed by atoms with van der Waals surface area (Å²) >= 11 is 0. The van der Waals surface area contributed by atoms with Crippen molar-refractivity contribution in [1.29, 1.82) is 0 Å². The Morgan fingerprint density at radius 2 is 0.958 bits per heavy atom. The number of carbonyl (C=O) groups is 6. The molecule has 128 valence electrons. The number of imide groups is 2. The third-order valence-electron chi connectivity index (χ3n) is 4.25. The molecule has 4 amide bonds. The number of hydrogen-bond donors (Lipinski definition) is 0. The second kappa shape index (κ2) is 6.02. The van der Waals surface area contributed by atoms with E-state index in [0.29, 0.717) is 23.0 Å². The van der Waals surface area contributed by atoms with Gasteiger partial charge in [-0.1, -0.05) is 0 Å². The molecule has 0 unspecified atom stereocenters. The quantitative estimate of drug-likeness (QED) is 0.611. The molecule has 3 aliphatic rings. The number of rotatable bonds is 4. The van der Waals surface area contributed by atoms with Gasteiger partial charge in [0.2, 0.25) is 0 Å². The zero-order valence-electron chi connectivity index (χ0n) is 12.6. The molecule has 2 atom stereocenters. The van der Waals surface area contributed by atoms with Gasteiger partial charge >= 0.3 is 11.9 Å². The van der Waals surface area contributed by atoms with Crippen LogP contribution >= 0.6 is 0 Å². The molecular weight excluding hydrogens is 324 g/mol. The maximum atomic E-state index is 12.0. The second-order valence-electron chi connectivity index (χ2n) is 5.77. The molecule has 0 radical (unpaired) electrons. The van der Waals surface area contributed by atoms with Crippen LogP contribution in [-0.2, 0) is 38.4 Å². The second-order valence-corrected chi connectivity index (χ2v) is 5.77. The first kappa shape index (κ1) is 16.1. The normalized spacial score (nSPS) is 26.7. The summed E-state index contributed by atoms with van der Waals surface area (Å²) in [6.07, 6.45) is 0.527. The van der Waals surface area contributed by atoms with Crippen molar-refractivity contribution in [1.82, 2.24) is 10.1 Å². The minimum Gasteiger partial charge on any atom is -0.330 e. The van der Waals surface area contributed by atoms with E-state index < -0.39 is 47.4 Å². The minimum absolute atomic E-state index is 0.0264. The van der Waals surface area contributed by atoms with Crippen LogP contribution in [-0.4, -0.2) is 45.7 Å². The molecule has 3 rings (SSSR count). The van der Waals surface area contributed by atoms with Crippen LogP contribution in [0.15, 0.2) is 0 Å². The molecule has 10 heteroatoms. The Kier molecular flexibility index (Phi) is 4.04. The Bertz CT molecular complexity index is 569. The molecule has 0 aromatic carbocycles. The summed E-state index contributed by atoms with van der Waals surface area (Å²) in [5.74, 6) is -5.98. The maximum absolute atomic E-state index is 12.0. The highest BCUT2D eigenvalue weighted by Crippen LogP contribution is 2.37. The van der Waals surface area contributed by atoms with E-state index in [0.717, 1.165) is 0 Å². The molecule has 24 heavy (non-hydrogen) atoms. The number of hydroxylamine groups is 4. The standard InChI is InChI=1S/C14H14N2O8/c17-9-3-4-10(18)15(9)23-13(21)7-1-2-8(7)14(22)24-16-11(19)5-6-12(16)20/h7-8H,1-6H2/t7-,8+. The summed E-state index contributed by atoms with van der Waals surface area (Å²) < 4.78 is 0. The van der Waals surface area contributed by atoms with Gasteiger partial charge in [-0.15, -0.1) is 10.1 Å². The van der Waals surface area contributed by atoms with Crippen LogP contribution in [0.5, 0.6) is 0 Å². The van der Waals surface area contributed by atoms with Crippen molar-refractivity contribution in [3.63, 3.8) is 0 Å². The van der Waals surface area contributed by atoms with E-state index in [-0.39, 0.29) is 25.7 Å². The maximum Gasteiger partial charge on any atom is 0.337 e. The molecule has 0 bridgehead atoms. The van der Waals surface area contributed by atoms with Gasteiger partial charge in [0.05, 0.1) is 11.8 Å². The van der Waals surface area contributed by atoms with E-state index >= 15 is 0 Å². The number of hydrogen-bond acceptors (Lipinski definition) is 8. The SMILES string of the molecule is O=C(ON1C(=O)CCC1=O)[C@H]1CC[C@H]1C(=O)ON1C(=O)CCC1=O. The predicted octanol–water partition coefficient (Wildman–Crippen LogP) is -0.773. The van der Waals surface area contributed by atoms with Gasteiger partial charge in [0.25, 0.3) is 23.6 Å². The van der Waals surface area contributed by atoms with Crippen molar-refractivity contribution in [3.05, 3.63) is 0 Å². The molecule has 3 fully saturated rings. The average Bonchev–Trinajstić information content (AvgIpc) is 2.96. The van der Waals surface area contributed by atoms with Crippen molar-refractivity contribution >= 4 is 35.6 Å². The van der Waals surface area contributed by atoms with E-state index in [1.165, 1.54) is 0 Å². The lowest BCUT2D eigenvalue weighted by Gasteiger charge is -2.33. The van der Waals surface area contributed by atoms with Crippen molar-refractivity contribution in [2.45, 2.75) is 38.5 Å². The molecule has 1 saturated carbocycles. The fourth-order valence-electron chi connectivity index (χ4n) is 2.70. The molecule has 0 aromatic heterocycles. The topological polar surface area (TPSA) is 127 Å². The van der Waals surface area contributed by atoms with Crippen LogP contribution in [0.25, 0.3) is 0 Å². The fraction of sp³-hybridized carbons (Fsp3) is 0.571. The highest BCUT2D eigenvalue weighted by Gasteiger charge is 2.47. The Labute approximate surface area is 135 Å². The Hall–Kier alpha value is -2.78. The average molecular weight is 338 g/mol. The lowest BCUT2D eigenvalue weighted by molar-refractivity contribution is -0.213. The summed E-state index contributed by atoms with van der Waals surface area (Å²) in [7, 11) is 0. The molecule has 0 aromatic rings. The van der Waals surface area contributed by atoms with Crippen molar-refractivity contribution in [3.8, 4) is 0 Å². The largest absolute Gasteiger partial charge is 0.337 e. The summed E-state index contributed by atoms with van der Waals surface area (Å²) in [4.78, 5) is 79.3. The molecule has 10 nitrogen and oxygen atoms in total. The van der Waals surface area contributed by atoms with Gasteiger partial charge in [0.15, 0.2) is 0 Å². The smallest absolute Gasteiger partial charge is 0.330 e. The molecular formula is C14H14N2O8. The monoisotopic (exact) mass is 338 g/mol. The van der Waals surface area contributed by atoms with E-state index in [2.05, 4.69) is 0 Å². The number of carbonyl (C=O) groups excluding carboxylic acids is 6. The number of nitrogens with zero attached hydrogens (tertiary/aromatic N) is 2. The minimum atomic E-state index is -0.883. The molecule has 2 heterocycles. The van der Waals surface area contributed by atoms with Gasteiger partial charge in [0, 0.05) is 25.7 Å². The Morgan fingerprint density at radius 3 is 1.21 bits per heavy atom. The molecule has 0 N–H and O–H groups in total. The third-order valence-corrected chi connectivity index (χ3v) is 4.25. The Morgan fingerprint density at radius 1 is 0.667 bits per heavy atom. The summed E-state index contributed by atoms with van der Waals surface area (Å²) in [5.41, 5.74) is 0. The van der Waals surface area contributed by atoms with E-state index in [1.807, 2.05) is 0 Å². The zero-order chi connectivity index (χ0) is 17.4. The number of amides is 4. The van der Waals surface area contributed by atoms with Gasteiger partial charge in [-0.25, -0.2) is 9.59 Å². The van der Waals surface area contributed by atoms with Gasteiger partial charge in [-0.05, 0) is 12.8 Å². The molecule has 1 aliphatic carbocycles. The van der Waals surface area contributed by atoms with Crippen LogP contribution in [0.3, 0.4) is 0 Å². The highest BCUT2D eigenvalue weighted by atomic mass is 16.7. The van der Waals surface area contributed by atoms with Crippen molar-refractivity contribution in [2.24, 2.45) is 11.8 Å². The first-order chi connectivity index (χ1) is 11.4. The first-order valence-electron chi connectivity index (χ1n) is 7.53. The van der Waals surface area contributed by atoms with Crippen LogP contribution in [0.4, 0.5) is 0 Å². The van der Waals surface area contributed by atoms with Crippen LogP contribution in [0, 0.1) is 11.8 Å². The lowest BCUT2D eigenvalue weighted by Crippen LogP contribution is -2.45. The van der Waals surface area contributed by atoms with Gasteiger partial charge in [0.1, 0.15) is 0 Å². The van der Waals surface area contributed by atoms with Gasteiger partial charge < -0.3 is 9.68 Å². The fourth-order valence-corrected chi connectivity index (χ4v) is 2.70. The predicted molar refractivity (Wildman–Crippen MR) is 70.6 cm³/mol. The van der Waals surface area contributed by atoms with Crippen molar-refractivity contribution < 1.29 is 38.4 Å². The summed E-state index contributed by atoms with van der Waals surface area (Å²) in [6.45, 7) is 0. The zero-order valence-corrected chi connectivity index (χ0v) is 12.6. The molecule has 0 spiro atoms. The van der Waals surface area contributed by atoms with Gasteiger partial charge in [-0.3, -0.25) is 19.2 Å². The Balaban J connectivity index is 1.57. The lowest BCUT2D eigenvalue weighted by atomic mass is 9.74. The van der Waals surface area contributed by atoms with E-state index in [4.69, 9.17) is 9.68 Å². The van der Waals surface area contributed by atoms with Gasteiger partial charge in [-0.2, -0.15) is 0 Å². The van der Waals surface area contributed by atoms with Crippen molar-refractivity contribution in [2.75, 3.05) is 0 Å². The van der Waals surface area contributed by atoms with Crippen LogP contribution in [0.1, 0.15) is 38.5 Å². The third kappa shape index (κ3) is 2.74. The van der Waals surface area contributed by atoms with Crippen LogP contribution < -0.4 is 0 Å². The van der Waals surface area contributed by atoms with E-state index in [1.54, 1.807) is 0 Å². The summed E-state index contributed by atoms with van der Waals surface area (Å²) in [5, 5.41) is 0.827.